The van der Waals surface area contributed by atoms with Gasteiger partial charge in [0.25, 0.3) is 0 Å². The molecule has 0 aromatic carbocycles. The Bertz CT molecular complexity index is 396. The summed E-state index contributed by atoms with van der Waals surface area (Å²) in [4.78, 5) is 0. The molecule has 0 bridgehead atoms. The lowest BCUT2D eigenvalue weighted by Crippen LogP contribution is -2.29. The molecule has 1 rings (SSSR count). The van der Waals surface area contributed by atoms with Gasteiger partial charge in [0, 0.05) is 12.0 Å². The van der Waals surface area contributed by atoms with Gasteiger partial charge in [0.05, 0.1) is 0 Å². The van der Waals surface area contributed by atoms with Crippen LogP contribution in [-0.4, -0.2) is 6.04 Å². The molecule has 1 heteroatoms. The maximum absolute atomic E-state index is 6.18. The van der Waals surface area contributed by atoms with Crippen LogP contribution in [-0.2, 0) is 0 Å². The molecule has 0 saturated carbocycles. The van der Waals surface area contributed by atoms with Crippen molar-refractivity contribution >= 4 is 0 Å². The maximum Gasteiger partial charge on any atom is 0.0328 e. The van der Waals surface area contributed by atoms with E-state index in [1.165, 1.54) is 11.1 Å². The quantitative estimate of drug-likeness (QED) is 0.569. The first-order valence-electron chi connectivity index (χ1n) is 6.64. The summed E-state index contributed by atoms with van der Waals surface area (Å²) in [6, 6.07) is 0.0869. The van der Waals surface area contributed by atoms with Crippen LogP contribution in [0.5, 0.6) is 0 Å². The molecule has 0 radical (unpaired) electrons. The van der Waals surface area contributed by atoms with Crippen LogP contribution in [0.1, 0.15) is 27.2 Å². The molecule has 18 heavy (non-hydrogen) atoms. The van der Waals surface area contributed by atoms with E-state index in [4.69, 9.17) is 5.73 Å². The highest BCUT2D eigenvalue weighted by atomic mass is 14.6. The van der Waals surface area contributed by atoms with Gasteiger partial charge in [-0.3, -0.25) is 0 Å². The minimum Gasteiger partial charge on any atom is -0.324 e. The molecule has 1 aliphatic carbocycles. The maximum atomic E-state index is 6.18. The molecule has 1 aliphatic rings. The molecule has 0 aromatic heterocycles. The van der Waals surface area contributed by atoms with Gasteiger partial charge < -0.3 is 5.73 Å². The van der Waals surface area contributed by atoms with Gasteiger partial charge >= 0.3 is 0 Å². The third-order valence-electron chi connectivity index (χ3n) is 3.49. The fourth-order valence-corrected chi connectivity index (χ4v) is 2.06. The van der Waals surface area contributed by atoms with Crippen LogP contribution < -0.4 is 5.73 Å². The standard InChI is InChI=1S/C17H25N/c1-5-6-9-15(12-14(4)13(2)3)16-10-7-8-11-17(16)18/h5-11,14,16-17H,2,12,18H2,1,3-4H3/b6-5-,15-9+/t14-,16?,17?/m0/s1. The zero-order chi connectivity index (χ0) is 13.5. The van der Waals surface area contributed by atoms with E-state index in [1.54, 1.807) is 0 Å². The highest BCUT2D eigenvalue weighted by molar-refractivity contribution is 5.29. The van der Waals surface area contributed by atoms with Crippen LogP contribution in [0.3, 0.4) is 0 Å². The van der Waals surface area contributed by atoms with Gasteiger partial charge in [-0.05, 0) is 26.2 Å². The van der Waals surface area contributed by atoms with Crippen molar-refractivity contribution in [1.29, 1.82) is 0 Å². The summed E-state index contributed by atoms with van der Waals surface area (Å²) in [6.07, 6.45) is 15.8. The van der Waals surface area contributed by atoms with Crippen molar-refractivity contribution < 1.29 is 0 Å². The molecule has 0 amide bonds. The summed E-state index contributed by atoms with van der Waals surface area (Å²) in [5, 5.41) is 0. The molecule has 0 spiro atoms. The van der Waals surface area contributed by atoms with E-state index in [0.717, 1.165) is 6.42 Å². The predicted molar refractivity (Wildman–Crippen MR) is 81.2 cm³/mol. The van der Waals surface area contributed by atoms with Gasteiger partial charge in [-0.2, -0.15) is 0 Å². The SMILES string of the molecule is C=C(C)[C@@H](C)C/C(=C\C=C/C)C1C=CC=CC1N. The Morgan fingerprint density at radius 3 is 2.61 bits per heavy atom. The number of hydrogen-bond acceptors (Lipinski definition) is 1. The Kier molecular flexibility index (Phi) is 5.87. The van der Waals surface area contributed by atoms with Crippen LogP contribution in [0.25, 0.3) is 0 Å². The minimum absolute atomic E-state index is 0.0869. The van der Waals surface area contributed by atoms with E-state index in [9.17, 15) is 0 Å². The van der Waals surface area contributed by atoms with E-state index in [-0.39, 0.29) is 6.04 Å². The molecule has 0 aromatic rings. The average molecular weight is 243 g/mol. The summed E-state index contributed by atoms with van der Waals surface area (Å²) in [5.41, 5.74) is 8.79. The first kappa shape index (κ1) is 14.7. The predicted octanol–water partition coefficient (Wildman–Crippen LogP) is 4.16. The van der Waals surface area contributed by atoms with Crippen molar-refractivity contribution in [3.8, 4) is 0 Å². The number of rotatable bonds is 5. The first-order valence-corrected chi connectivity index (χ1v) is 6.64. The second-order valence-electron chi connectivity index (χ2n) is 5.09. The highest BCUT2D eigenvalue weighted by Gasteiger charge is 2.20. The molecular formula is C17H25N. The van der Waals surface area contributed by atoms with Crippen molar-refractivity contribution in [3.05, 3.63) is 60.3 Å². The van der Waals surface area contributed by atoms with Crippen molar-refractivity contribution in [2.75, 3.05) is 0 Å². The van der Waals surface area contributed by atoms with Gasteiger partial charge in [0.2, 0.25) is 0 Å². The summed E-state index contributed by atoms with van der Waals surface area (Å²) < 4.78 is 0. The monoisotopic (exact) mass is 243 g/mol. The van der Waals surface area contributed by atoms with Gasteiger partial charge in [0.15, 0.2) is 0 Å². The van der Waals surface area contributed by atoms with Crippen LogP contribution >= 0.6 is 0 Å². The van der Waals surface area contributed by atoms with Gasteiger partial charge in [-0.15, -0.1) is 0 Å². The molecule has 2 unspecified atom stereocenters. The van der Waals surface area contributed by atoms with Crippen molar-refractivity contribution in [2.24, 2.45) is 17.6 Å². The lowest BCUT2D eigenvalue weighted by Gasteiger charge is -2.25. The number of nitrogens with two attached hydrogens (primary N) is 1. The molecule has 3 atom stereocenters. The zero-order valence-corrected chi connectivity index (χ0v) is 11.8. The summed E-state index contributed by atoms with van der Waals surface area (Å²) in [5.74, 6) is 0.806. The topological polar surface area (TPSA) is 26.0 Å². The summed E-state index contributed by atoms with van der Waals surface area (Å²) in [6.45, 7) is 10.4. The van der Waals surface area contributed by atoms with Crippen LogP contribution in [0.2, 0.25) is 0 Å². The lowest BCUT2D eigenvalue weighted by molar-refractivity contribution is 0.572. The Morgan fingerprint density at radius 2 is 2.06 bits per heavy atom. The molecule has 0 heterocycles. The summed E-state index contributed by atoms with van der Waals surface area (Å²) in [7, 11) is 0. The Hall–Kier alpha value is -1.34. The van der Waals surface area contributed by atoms with Crippen molar-refractivity contribution in [2.45, 2.75) is 33.2 Å². The molecule has 98 valence electrons. The fraction of sp³-hybridized carbons (Fsp3) is 0.412. The fourth-order valence-electron chi connectivity index (χ4n) is 2.06. The molecular weight excluding hydrogens is 218 g/mol. The largest absolute Gasteiger partial charge is 0.324 e. The molecule has 0 aliphatic heterocycles. The molecule has 1 nitrogen and oxygen atoms in total. The number of allylic oxidation sites excluding steroid dienone is 6. The highest BCUT2D eigenvalue weighted by Crippen LogP contribution is 2.28. The molecule has 0 saturated heterocycles. The van der Waals surface area contributed by atoms with Crippen molar-refractivity contribution in [3.63, 3.8) is 0 Å². The smallest absolute Gasteiger partial charge is 0.0328 e. The van der Waals surface area contributed by atoms with E-state index < -0.39 is 0 Å². The molecule has 0 fully saturated rings. The third kappa shape index (κ3) is 4.15. The number of hydrogen-bond donors (Lipinski definition) is 1. The van der Waals surface area contributed by atoms with E-state index >= 15 is 0 Å². The van der Waals surface area contributed by atoms with Gasteiger partial charge in [0.1, 0.15) is 0 Å². The van der Waals surface area contributed by atoms with E-state index in [2.05, 4.69) is 56.9 Å². The van der Waals surface area contributed by atoms with Gasteiger partial charge in [-0.1, -0.05) is 67.2 Å². The lowest BCUT2D eigenvalue weighted by atomic mass is 9.82. The third-order valence-corrected chi connectivity index (χ3v) is 3.49. The molecule has 2 N–H and O–H groups in total. The Labute approximate surface area is 111 Å². The minimum atomic E-state index is 0.0869. The zero-order valence-electron chi connectivity index (χ0n) is 11.8. The van der Waals surface area contributed by atoms with E-state index in [1.807, 2.05) is 13.0 Å². The van der Waals surface area contributed by atoms with Crippen LogP contribution in [0.4, 0.5) is 0 Å². The van der Waals surface area contributed by atoms with Crippen LogP contribution in [0, 0.1) is 11.8 Å². The van der Waals surface area contributed by atoms with E-state index in [0.29, 0.717) is 11.8 Å². The average Bonchev–Trinajstić information content (AvgIpc) is 2.35. The first-order chi connectivity index (χ1) is 8.56. The second kappa shape index (κ2) is 7.17. The van der Waals surface area contributed by atoms with Gasteiger partial charge in [-0.25, -0.2) is 0 Å². The Morgan fingerprint density at radius 1 is 1.39 bits per heavy atom. The van der Waals surface area contributed by atoms with Crippen molar-refractivity contribution in [1.82, 2.24) is 0 Å². The van der Waals surface area contributed by atoms with Crippen LogP contribution in [0.15, 0.2) is 60.3 Å². The summed E-state index contributed by atoms with van der Waals surface area (Å²) >= 11 is 0. The normalized spacial score (nSPS) is 25.7. The second-order valence-corrected chi connectivity index (χ2v) is 5.09. The Balaban J connectivity index is 2.88.